The van der Waals surface area contributed by atoms with Crippen LogP contribution in [0.5, 0.6) is 0 Å². The quantitative estimate of drug-likeness (QED) is 0.584. The molecule has 29 heavy (non-hydrogen) atoms. The fourth-order valence-corrected chi connectivity index (χ4v) is 3.79. The minimum atomic E-state index is -4.64. The highest BCUT2D eigenvalue weighted by Gasteiger charge is 2.38. The van der Waals surface area contributed by atoms with Crippen LogP contribution >= 0.6 is 0 Å². The van der Waals surface area contributed by atoms with E-state index < -0.39 is 35.3 Å². The molecule has 2 atom stereocenters. The number of carbonyl (C=O) groups is 2. The van der Waals surface area contributed by atoms with Crippen molar-refractivity contribution in [3.05, 3.63) is 35.4 Å². The molecule has 0 spiro atoms. The van der Waals surface area contributed by atoms with Gasteiger partial charge in [-0.1, -0.05) is 12.1 Å². The zero-order valence-corrected chi connectivity index (χ0v) is 16.0. The Morgan fingerprint density at radius 3 is 2.45 bits per heavy atom. The maximum Gasteiger partial charge on any atom is 0.417 e. The van der Waals surface area contributed by atoms with Gasteiger partial charge in [-0.25, -0.2) is 5.43 Å². The van der Waals surface area contributed by atoms with Gasteiger partial charge >= 0.3 is 6.18 Å². The summed E-state index contributed by atoms with van der Waals surface area (Å²) in [5, 5.41) is 5.50. The van der Waals surface area contributed by atoms with Gasteiger partial charge in [0.1, 0.15) is 6.04 Å². The number of halogens is 3. The number of alkyl halides is 3. The number of hydrogen-bond acceptors (Lipinski definition) is 5. The van der Waals surface area contributed by atoms with Crippen LogP contribution in [0.1, 0.15) is 41.6 Å². The number of hydrogen-bond donors (Lipinski definition) is 4. The molecule has 3 rings (SSSR count). The van der Waals surface area contributed by atoms with E-state index in [2.05, 4.69) is 21.5 Å². The van der Waals surface area contributed by atoms with Crippen molar-refractivity contribution < 1.29 is 27.5 Å². The van der Waals surface area contributed by atoms with E-state index in [0.29, 0.717) is 0 Å². The summed E-state index contributed by atoms with van der Waals surface area (Å²) in [6.07, 6.45) is -1.15. The fourth-order valence-electron chi connectivity index (χ4n) is 3.79. The number of nitrogens with one attached hydrogen (secondary N) is 4. The van der Waals surface area contributed by atoms with Gasteiger partial charge < -0.3 is 15.4 Å². The van der Waals surface area contributed by atoms with Gasteiger partial charge in [-0.05, 0) is 37.8 Å². The van der Waals surface area contributed by atoms with Gasteiger partial charge in [-0.2, -0.15) is 13.2 Å². The first-order chi connectivity index (χ1) is 13.8. The Morgan fingerprint density at radius 1 is 1.10 bits per heavy atom. The van der Waals surface area contributed by atoms with Gasteiger partial charge in [-0.3, -0.25) is 15.0 Å². The monoisotopic (exact) mass is 414 g/mol. The first kappa shape index (κ1) is 21.5. The SMILES string of the molecule is COC1CCC(NC(=O)C2NNCC2NC(=O)c2ccccc2C(F)(F)F)CC1. The van der Waals surface area contributed by atoms with E-state index in [4.69, 9.17) is 4.74 Å². The molecular formula is C19H25F3N4O3. The number of ether oxygens (including phenoxy) is 1. The van der Waals surface area contributed by atoms with Gasteiger partial charge in [0.25, 0.3) is 5.91 Å². The van der Waals surface area contributed by atoms with E-state index in [-0.39, 0.29) is 24.6 Å². The first-order valence-electron chi connectivity index (χ1n) is 9.58. The average Bonchev–Trinajstić information content (AvgIpc) is 3.16. The van der Waals surface area contributed by atoms with Crippen LogP contribution in [0.25, 0.3) is 0 Å². The number of rotatable bonds is 5. The van der Waals surface area contributed by atoms with E-state index in [1.807, 2.05) is 0 Å². The normalized spacial score (nSPS) is 27.4. The maximum absolute atomic E-state index is 13.2. The van der Waals surface area contributed by atoms with Crippen LogP contribution in [0.15, 0.2) is 24.3 Å². The molecule has 0 aromatic heterocycles. The van der Waals surface area contributed by atoms with Crippen molar-refractivity contribution in [3.63, 3.8) is 0 Å². The van der Waals surface area contributed by atoms with Crippen LogP contribution in [0.2, 0.25) is 0 Å². The molecule has 1 aliphatic carbocycles. The lowest BCUT2D eigenvalue weighted by Gasteiger charge is -2.29. The smallest absolute Gasteiger partial charge is 0.381 e. The molecule has 1 heterocycles. The Bertz CT molecular complexity index is 736. The molecule has 160 valence electrons. The summed E-state index contributed by atoms with van der Waals surface area (Å²) in [4.78, 5) is 25.1. The van der Waals surface area contributed by atoms with Crippen molar-refractivity contribution in [2.45, 2.75) is 56.1 Å². The highest BCUT2D eigenvalue weighted by atomic mass is 19.4. The van der Waals surface area contributed by atoms with Gasteiger partial charge in [-0.15, -0.1) is 0 Å². The molecule has 1 saturated carbocycles. The summed E-state index contributed by atoms with van der Waals surface area (Å²) in [5.41, 5.74) is 4.11. The molecule has 2 fully saturated rings. The average molecular weight is 414 g/mol. The topological polar surface area (TPSA) is 91.5 Å². The summed E-state index contributed by atoms with van der Waals surface area (Å²) in [6.45, 7) is 0.217. The number of amides is 2. The molecule has 1 aliphatic heterocycles. The lowest BCUT2D eigenvalue weighted by atomic mass is 9.92. The highest BCUT2D eigenvalue weighted by Crippen LogP contribution is 2.31. The van der Waals surface area contributed by atoms with Crippen LogP contribution in [0.4, 0.5) is 13.2 Å². The van der Waals surface area contributed by atoms with Gasteiger partial charge in [0, 0.05) is 19.7 Å². The molecule has 2 amide bonds. The zero-order valence-electron chi connectivity index (χ0n) is 16.0. The third-order valence-corrected chi connectivity index (χ3v) is 5.41. The van der Waals surface area contributed by atoms with Crippen LogP contribution in [-0.2, 0) is 15.7 Å². The zero-order chi connectivity index (χ0) is 21.0. The van der Waals surface area contributed by atoms with Crippen molar-refractivity contribution in [1.29, 1.82) is 0 Å². The Labute approximate surface area is 166 Å². The molecular weight excluding hydrogens is 389 g/mol. The van der Waals surface area contributed by atoms with E-state index in [1.165, 1.54) is 12.1 Å². The van der Waals surface area contributed by atoms with Crippen molar-refractivity contribution in [3.8, 4) is 0 Å². The molecule has 2 aliphatic rings. The molecule has 7 nitrogen and oxygen atoms in total. The lowest BCUT2D eigenvalue weighted by Crippen LogP contribution is -2.55. The second kappa shape index (κ2) is 9.10. The standard InChI is InChI=1S/C19H25F3N4O3/c1-29-12-8-6-11(7-9-12)24-18(28)16-15(10-23-26-16)25-17(27)13-4-2-3-5-14(13)19(20,21)22/h2-5,11-12,15-16,23,26H,6-10H2,1H3,(H,24,28)(H,25,27). The van der Waals surface area contributed by atoms with Crippen LogP contribution in [-0.4, -0.2) is 49.7 Å². The van der Waals surface area contributed by atoms with Crippen molar-refractivity contribution in [2.75, 3.05) is 13.7 Å². The lowest BCUT2D eigenvalue weighted by molar-refractivity contribution is -0.138. The third kappa shape index (κ3) is 5.26. The van der Waals surface area contributed by atoms with Gasteiger partial charge in [0.2, 0.25) is 5.91 Å². The predicted molar refractivity (Wildman–Crippen MR) is 98.8 cm³/mol. The molecule has 1 saturated heterocycles. The Morgan fingerprint density at radius 2 is 1.79 bits per heavy atom. The highest BCUT2D eigenvalue weighted by molar-refractivity contribution is 5.96. The summed E-state index contributed by atoms with van der Waals surface area (Å²) in [6, 6.07) is 3.13. The van der Waals surface area contributed by atoms with Gasteiger partial charge in [0.15, 0.2) is 0 Å². The van der Waals surface area contributed by atoms with E-state index in [0.717, 1.165) is 37.8 Å². The molecule has 10 heteroatoms. The summed E-state index contributed by atoms with van der Waals surface area (Å²) < 4.78 is 44.8. The number of benzene rings is 1. The fraction of sp³-hybridized carbons (Fsp3) is 0.579. The minimum absolute atomic E-state index is 0.0126. The summed E-state index contributed by atoms with van der Waals surface area (Å²) in [5.74, 6) is -1.17. The predicted octanol–water partition coefficient (Wildman–Crippen LogP) is 1.35. The van der Waals surface area contributed by atoms with Crippen LogP contribution < -0.4 is 21.5 Å². The van der Waals surface area contributed by atoms with Crippen LogP contribution in [0.3, 0.4) is 0 Å². The Balaban J connectivity index is 1.61. The first-order valence-corrected chi connectivity index (χ1v) is 9.58. The number of methoxy groups -OCH3 is 1. The van der Waals surface area contributed by atoms with E-state index >= 15 is 0 Å². The van der Waals surface area contributed by atoms with E-state index in [1.54, 1.807) is 7.11 Å². The van der Waals surface area contributed by atoms with E-state index in [9.17, 15) is 22.8 Å². The summed E-state index contributed by atoms with van der Waals surface area (Å²) in [7, 11) is 1.67. The Hall–Kier alpha value is -2.17. The van der Waals surface area contributed by atoms with Crippen LogP contribution in [0, 0.1) is 0 Å². The second-order valence-corrected chi connectivity index (χ2v) is 7.34. The largest absolute Gasteiger partial charge is 0.417 e. The Kier molecular flexibility index (Phi) is 6.76. The molecule has 1 aromatic carbocycles. The number of hydrazine groups is 1. The summed E-state index contributed by atoms with van der Waals surface area (Å²) >= 11 is 0. The molecule has 0 radical (unpaired) electrons. The minimum Gasteiger partial charge on any atom is -0.381 e. The maximum atomic E-state index is 13.2. The van der Waals surface area contributed by atoms with Crippen molar-refractivity contribution in [2.24, 2.45) is 0 Å². The van der Waals surface area contributed by atoms with Gasteiger partial charge in [0.05, 0.1) is 23.3 Å². The third-order valence-electron chi connectivity index (χ3n) is 5.41. The van der Waals surface area contributed by atoms with Crippen molar-refractivity contribution in [1.82, 2.24) is 21.5 Å². The molecule has 0 bridgehead atoms. The van der Waals surface area contributed by atoms with Crippen molar-refractivity contribution >= 4 is 11.8 Å². The second-order valence-electron chi connectivity index (χ2n) is 7.34. The number of carbonyl (C=O) groups excluding carboxylic acids is 2. The molecule has 2 unspecified atom stereocenters. The molecule has 4 N–H and O–H groups in total. The molecule has 1 aromatic rings.